The molecule has 0 saturated carbocycles. The maximum absolute atomic E-state index is 13.7. The lowest BCUT2D eigenvalue weighted by Crippen LogP contribution is -2.39. The zero-order valence-corrected chi connectivity index (χ0v) is 17.2. The van der Waals surface area contributed by atoms with Crippen LogP contribution in [-0.4, -0.2) is 57.4 Å². The number of pyridine rings is 2. The number of hydrogen-bond donors (Lipinski definition) is 3. The van der Waals surface area contributed by atoms with Gasteiger partial charge < -0.3 is 16.0 Å². The molecule has 0 aromatic carbocycles. The van der Waals surface area contributed by atoms with Crippen LogP contribution >= 0.6 is 0 Å². The van der Waals surface area contributed by atoms with Crippen molar-refractivity contribution in [2.75, 3.05) is 18.9 Å². The summed E-state index contributed by atoms with van der Waals surface area (Å²) >= 11 is 0. The van der Waals surface area contributed by atoms with Crippen molar-refractivity contribution in [3.8, 4) is 11.9 Å². The molecule has 3 rings (SSSR count). The van der Waals surface area contributed by atoms with E-state index in [1.54, 1.807) is 18.3 Å². The van der Waals surface area contributed by atoms with Crippen molar-refractivity contribution in [1.82, 2.24) is 30.4 Å². The van der Waals surface area contributed by atoms with Crippen LogP contribution in [0.5, 0.6) is 0 Å². The highest BCUT2D eigenvalue weighted by Crippen LogP contribution is 2.22. The lowest BCUT2D eigenvalue weighted by Gasteiger charge is -2.16. The van der Waals surface area contributed by atoms with Gasteiger partial charge in [0, 0.05) is 36.9 Å². The molecular formula is C20H21FN8O2. The second kappa shape index (κ2) is 9.17. The fourth-order valence-corrected chi connectivity index (χ4v) is 2.85. The molecule has 3 N–H and O–H groups in total. The third-order valence-electron chi connectivity index (χ3n) is 4.31. The van der Waals surface area contributed by atoms with E-state index in [0.717, 1.165) is 0 Å². The van der Waals surface area contributed by atoms with Crippen LogP contribution in [0.4, 0.5) is 10.1 Å². The summed E-state index contributed by atoms with van der Waals surface area (Å²) in [5.41, 5.74) is 1.57. The molecule has 0 fully saturated rings. The number of carbonyl (C=O) groups is 2. The standard InChI is InChI=1S/C20H21FN8O2/c1-11(2)28-16-5-17(29-18-13(8-27-29)4-12(6-22)7-25-18)24-9-14(16)19(30)26-10-15(21)20(31)23-3/h4-5,7-9,11,15H,10H2,1-3H3,(H,23,31)(H,24,28)(H,26,30). The van der Waals surface area contributed by atoms with Crippen molar-refractivity contribution in [3.63, 3.8) is 0 Å². The number of hydrogen-bond acceptors (Lipinski definition) is 7. The van der Waals surface area contributed by atoms with E-state index in [2.05, 4.69) is 31.0 Å². The molecule has 0 aliphatic carbocycles. The molecule has 3 aromatic heterocycles. The van der Waals surface area contributed by atoms with Gasteiger partial charge in [-0.25, -0.2) is 14.4 Å². The maximum Gasteiger partial charge on any atom is 0.256 e. The number of alkyl halides is 1. The predicted octanol–water partition coefficient (Wildman–Crippen LogP) is 1.32. The van der Waals surface area contributed by atoms with Crippen molar-refractivity contribution < 1.29 is 14.0 Å². The summed E-state index contributed by atoms with van der Waals surface area (Å²) in [5, 5.41) is 21.7. The molecule has 0 spiro atoms. The summed E-state index contributed by atoms with van der Waals surface area (Å²) in [7, 11) is 1.32. The number of fused-ring (bicyclic) bond motifs is 1. The number of carbonyl (C=O) groups excluding carboxylic acids is 2. The van der Waals surface area contributed by atoms with E-state index in [9.17, 15) is 14.0 Å². The summed E-state index contributed by atoms with van der Waals surface area (Å²) in [6.07, 6.45) is 2.50. The molecule has 0 aliphatic heterocycles. The van der Waals surface area contributed by atoms with Gasteiger partial charge >= 0.3 is 0 Å². The number of amides is 2. The first-order valence-corrected chi connectivity index (χ1v) is 9.48. The summed E-state index contributed by atoms with van der Waals surface area (Å²) in [6, 6.07) is 5.32. The van der Waals surface area contributed by atoms with Crippen molar-refractivity contribution >= 4 is 28.5 Å². The van der Waals surface area contributed by atoms with Crippen molar-refractivity contribution in [2.45, 2.75) is 26.1 Å². The molecular weight excluding hydrogens is 403 g/mol. The fraction of sp³-hybridized carbons (Fsp3) is 0.300. The molecule has 0 bridgehead atoms. The van der Waals surface area contributed by atoms with Crippen molar-refractivity contribution in [1.29, 1.82) is 5.26 Å². The first-order chi connectivity index (χ1) is 14.8. The van der Waals surface area contributed by atoms with Crippen LogP contribution < -0.4 is 16.0 Å². The minimum absolute atomic E-state index is 0.00716. The molecule has 0 saturated heterocycles. The summed E-state index contributed by atoms with van der Waals surface area (Å²) in [5.74, 6) is -0.983. The van der Waals surface area contributed by atoms with Gasteiger partial charge in [0.05, 0.1) is 29.6 Å². The smallest absolute Gasteiger partial charge is 0.256 e. The molecule has 3 aromatic rings. The topological polar surface area (TPSA) is 138 Å². The van der Waals surface area contributed by atoms with Crippen molar-refractivity contribution in [2.24, 2.45) is 0 Å². The monoisotopic (exact) mass is 424 g/mol. The van der Waals surface area contributed by atoms with Gasteiger partial charge in [-0.2, -0.15) is 15.0 Å². The van der Waals surface area contributed by atoms with Crippen LogP contribution in [0.15, 0.2) is 30.7 Å². The van der Waals surface area contributed by atoms with Gasteiger partial charge in [-0.15, -0.1) is 0 Å². The van der Waals surface area contributed by atoms with Gasteiger partial charge in [-0.3, -0.25) is 9.59 Å². The lowest BCUT2D eigenvalue weighted by atomic mass is 10.2. The Morgan fingerprint density at radius 1 is 1.23 bits per heavy atom. The molecule has 10 nitrogen and oxygen atoms in total. The molecule has 1 atom stereocenters. The Balaban J connectivity index is 1.92. The molecule has 11 heteroatoms. The number of nitrogens with one attached hydrogen (secondary N) is 3. The Hall–Kier alpha value is -4.07. The lowest BCUT2D eigenvalue weighted by molar-refractivity contribution is -0.125. The van der Waals surface area contributed by atoms with E-state index in [-0.39, 0.29) is 11.6 Å². The van der Waals surface area contributed by atoms with E-state index >= 15 is 0 Å². The Morgan fingerprint density at radius 3 is 2.68 bits per heavy atom. The number of aromatic nitrogens is 4. The molecule has 31 heavy (non-hydrogen) atoms. The first-order valence-electron chi connectivity index (χ1n) is 9.48. The Labute approximate surface area is 177 Å². The zero-order valence-electron chi connectivity index (χ0n) is 17.2. The van der Waals surface area contributed by atoms with E-state index < -0.39 is 24.5 Å². The summed E-state index contributed by atoms with van der Waals surface area (Å²) in [4.78, 5) is 32.5. The second-order valence-electron chi connectivity index (χ2n) is 6.98. The Bertz CT molecular complexity index is 1170. The van der Waals surface area contributed by atoms with Crippen LogP contribution in [-0.2, 0) is 4.79 Å². The van der Waals surface area contributed by atoms with Gasteiger partial charge in [0.25, 0.3) is 11.8 Å². The number of halogens is 1. The molecule has 0 aliphatic rings. The highest BCUT2D eigenvalue weighted by atomic mass is 19.1. The maximum atomic E-state index is 13.7. The third kappa shape index (κ3) is 4.75. The largest absolute Gasteiger partial charge is 0.382 e. The van der Waals surface area contributed by atoms with Crippen LogP contribution in [0.2, 0.25) is 0 Å². The molecule has 2 amide bonds. The van der Waals surface area contributed by atoms with Crippen LogP contribution in [0.3, 0.4) is 0 Å². The van der Waals surface area contributed by atoms with Crippen LogP contribution in [0, 0.1) is 11.3 Å². The summed E-state index contributed by atoms with van der Waals surface area (Å²) in [6.45, 7) is 3.34. The highest BCUT2D eigenvalue weighted by Gasteiger charge is 2.20. The van der Waals surface area contributed by atoms with E-state index in [4.69, 9.17) is 5.26 Å². The number of nitrogens with zero attached hydrogens (tertiary/aromatic N) is 5. The molecule has 1 unspecified atom stereocenters. The zero-order chi connectivity index (χ0) is 22.5. The molecule has 0 radical (unpaired) electrons. The predicted molar refractivity (Wildman–Crippen MR) is 111 cm³/mol. The van der Waals surface area contributed by atoms with E-state index in [1.807, 2.05) is 19.9 Å². The minimum Gasteiger partial charge on any atom is -0.382 e. The number of nitriles is 1. The average molecular weight is 424 g/mol. The average Bonchev–Trinajstić information content (AvgIpc) is 3.19. The van der Waals surface area contributed by atoms with Gasteiger partial charge in [0.2, 0.25) is 0 Å². The van der Waals surface area contributed by atoms with Crippen LogP contribution in [0.1, 0.15) is 29.8 Å². The van der Waals surface area contributed by atoms with Gasteiger partial charge in [0.15, 0.2) is 17.6 Å². The number of rotatable bonds is 7. The minimum atomic E-state index is -1.86. The SMILES string of the molecule is CNC(=O)C(F)CNC(=O)c1cnc(-n2ncc3cc(C#N)cnc32)cc1NC(C)C. The van der Waals surface area contributed by atoms with Crippen molar-refractivity contribution in [3.05, 3.63) is 41.9 Å². The van der Waals surface area contributed by atoms with Gasteiger partial charge in [0.1, 0.15) is 6.07 Å². The van der Waals surface area contributed by atoms with E-state index in [0.29, 0.717) is 28.1 Å². The molecule has 3 heterocycles. The highest BCUT2D eigenvalue weighted by molar-refractivity contribution is 6.00. The van der Waals surface area contributed by atoms with Crippen LogP contribution in [0.25, 0.3) is 16.9 Å². The second-order valence-corrected chi connectivity index (χ2v) is 6.98. The normalized spacial score (nSPS) is 11.7. The van der Waals surface area contributed by atoms with Gasteiger partial charge in [-0.05, 0) is 19.9 Å². The van der Waals surface area contributed by atoms with E-state index in [1.165, 1.54) is 24.1 Å². The number of anilines is 1. The van der Waals surface area contributed by atoms with Gasteiger partial charge in [-0.1, -0.05) is 0 Å². The quantitative estimate of drug-likeness (QED) is 0.520. The third-order valence-corrected chi connectivity index (χ3v) is 4.31. The Kier molecular flexibility index (Phi) is 6.40. The first kappa shape index (κ1) is 21.6. The summed E-state index contributed by atoms with van der Waals surface area (Å²) < 4.78 is 15.2. The fourth-order valence-electron chi connectivity index (χ4n) is 2.85. The molecule has 160 valence electrons. The Morgan fingerprint density at radius 2 is 2.00 bits per heavy atom.